The lowest BCUT2D eigenvalue weighted by molar-refractivity contribution is 0.670. The molecule has 0 fully saturated rings. The fraction of sp³-hybridized carbons (Fsp3) is 0. The summed E-state index contributed by atoms with van der Waals surface area (Å²) in [6.45, 7) is 0. The first-order valence-corrected chi connectivity index (χ1v) is 20.9. The monoisotopic (exact) mass is 783 g/mol. The van der Waals surface area contributed by atoms with Crippen molar-refractivity contribution in [2.75, 3.05) is 0 Å². The molecule has 280 valence electrons. The van der Waals surface area contributed by atoms with Gasteiger partial charge in [-0.3, -0.25) is 0 Å². The van der Waals surface area contributed by atoms with E-state index < -0.39 is 0 Å². The van der Waals surface area contributed by atoms with Crippen LogP contribution in [0.15, 0.2) is 205 Å². The molecule has 0 saturated heterocycles. The fourth-order valence-corrected chi connectivity index (χ4v) is 10.0. The van der Waals surface area contributed by atoms with E-state index in [-0.39, 0.29) is 0 Å². The summed E-state index contributed by atoms with van der Waals surface area (Å²) in [4.78, 5) is 15.9. The standard InChI is InChI=1S/C55H33N3OS/c1-3-15-34(16-4-1)35-29-31-36(32-30-35)46-33-38-19-7-8-20-39(38)50-49-45(26-14-28-48(49)60-52(46)50)55-57-53(37-17-5-2-6-18-37)56-54(58-55)44-23-10-9-21-40(44)42-24-13-25-43-41-22-11-12-27-47(41)59-51(42)43/h1-33H. The van der Waals surface area contributed by atoms with Crippen LogP contribution >= 0.6 is 11.3 Å². The lowest BCUT2D eigenvalue weighted by atomic mass is 9.94. The number of benzene rings is 9. The zero-order valence-corrected chi connectivity index (χ0v) is 33.0. The zero-order valence-electron chi connectivity index (χ0n) is 32.2. The molecule has 0 amide bonds. The molecule has 12 rings (SSSR count). The van der Waals surface area contributed by atoms with E-state index in [2.05, 4.69) is 170 Å². The number of furan rings is 1. The molecule has 4 nitrogen and oxygen atoms in total. The third-order valence-corrected chi connectivity index (χ3v) is 12.8. The Bertz CT molecular complexity index is 3590. The van der Waals surface area contributed by atoms with Crippen molar-refractivity contribution in [3.05, 3.63) is 200 Å². The topological polar surface area (TPSA) is 51.8 Å². The van der Waals surface area contributed by atoms with E-state index in [9.17, 15) is 0 Å². The molecular formula is C55H33N3OS. The van der Waals surface area contributed by atoms with Crippen LogP contribution in [0.3, 0.4) is 0 Å². The van der Waals surface area contributed by atoms with E-state index >= 15 is 0 Å². The van der Waals surface area contributed by atoms with Gasteiger partial charge in [0.15, 0.2) is 17.5 Å². The Labute approximate surface area is 349 Å². The quantitative estimate of drug-likeness (QED) is 0.169. The van der Waals surface area contributed by atoms with Gasteiger partial charge in [0.25, 0.3) is 0 Å². The van der Waals surface area contributed by atoms with Gasteiger partial charge < -0.3 is 4.42 Å². The van der Waals surface area contributed by atoms with E-state index in [0.29, 0.717) is 17.5 Å². The van der Waals surface area contributed by atoms with Gasteiger partial charge in [-0.2, -0.15) is 0 Å². The molecule has 3 aromatic heterocycles. The van der Waals surface area contributed by atoms with E-state index in [4.69, 9.17) is 19.4 Å². The first-order valence-electron chi connectivity index (χ1n) is 20.1. The minimum atomic E-state index is 0.600. The maximum absolute atomic E-state index is 6.55. The fourth-order valence-electron chi connectivity index (χ4n) is 8.75. The summed E-state index contributed by atoms with van der Waals surface area (Å²) in [6, 6.07) is 70.2. The molecule has 12 aromatic rings. The van der Waals surface area contributed by atoms with E-state index in [1.165, 1.54) is 47.8 Å². The van der Waals surface area contributed by atoms with Crippen molar-refractivity contribution in [1.29, 1.82) is 0 Å². The maximum Gasteiger partial charge on any atom is 0.164 e. The summed E-state index contributed by atoms with van der Waals surface area (Å²) in [7, 11) is 0. The largest absolute Gasteiger partial charge is 0.455 e. The molecule has 5 heteroatoms. The number of rotatable bonds is 6. The first kappa shape index (κ1) is 34.3. The number of hydrogen-bond donors (Lipinski definition) is 0. The third-order valence-electron chi connectivity index (χ3n) is 11.6. The van der Waals surface area contributed by atoms with Crippen LogP contribution in [0.25, 0.3) is 120 Å². The molecule has 0 aliphatic rings. The van der Waals surface area contributed by atoms with Crippen LogP contribution in [-0.4, -0.2) is 15.0 Å². The van der Waals surface area contributed by atoms with Crippen LogP contribution in [0.1, 0.15) is 0 Å². The van der Waals surface area contributed by atoms with Crippen LogP contribution in [0.2, 0.25) is 0 Å². The average molecular weight is 784 g/mol. The highest BCUT2D eigenvalue weighted by atomic mass is 32.1. The minimum absolute atomic E-state index is 0.600. The number of para-hydroxylation sites is 2. The number of thiophene rings is 1. The Morgan fingerprint density at radius 1 is 0.350 bits per heavy atom. The first-order chi connectivity index (χ1) is 29.7. The van der Waals surface area contributed by atoms with Crippen molar-refractivity contribution < 1.29 is 4.42 Å². The highest BCUT2D eigenvalue weighted by Gasteiger charge is 2.22. The summed E-state index contributed by atoms with van der Waals surface area (Å²) in [5.41, 5.74) is 11.3. The molecule has 0 aliphatic carbocycles. The van der Waals surface area contributed by atoms with Crippen LogP contribution in [0.4, 0.5) is 0 Å². The Morgan fingerprint density at radius 3 is 1.73 bits per heavy atom. The molecule has 3 heterocycles. The van der Waals surface area contributed by atoms with Gasteiger partial charge in [0, 0.05) is 58.8 Å². The molecule has 0 N–H and O–H groups in total. The van der Waals surface area contributed by atoms with Gasteiger partial charge in [-0.25, -0.2) is 15.0 Å². The second-order valence-electron chi connectivity index (χ2n) is 15.1. The summed E-state index contributed by atoms with van der Waals surface area (Å²) >= 11 is 1.83. The van der Waals surface area contributed by atoms with Crippen molar-refractivity contribution in [3.8, 4) is 67.5 Å². The number of nitrogens with zero attached hydrogens (tertiary/aromatic N) is 3. The Hall–Kier alpha value is -7.73. The Balaban J connectivity index is 1.09. The highest BCUT2D eigenvalue weighted by molar-refractivity contribution is 7.26. The summed E-state index contributed by atoms with van der Waals surface area (Å²) in [6.07, 6.45) is 0. The van der Waals surface area contributed by atoms with Crippen LogP contribution in [-0.2, 0) is 0 Å². The second-order valence-corrected chi connectivity index (χ2v) is 16.1. The van der Waals surface area contributed by atoms with E-state index in [0.717, 1.165) is 55.1 Å². The minimum Gasteiger partial charge on any atom is -0.455 e. The molecule has 9 aromatic carbocycles. The van der Waals surface area contributed by atoms with Crippen molar-refractivity contribution in [2.24, 2.45) is 0 Å². The summed E-state index contributed by atoms with van der Waals surface area (Å²) in [5, 5.41) is 6.93. The molecular weight excluding hydrogens is 751 g/mol. The molecule has 0 aliphatic heterocycles. The van der Waals surface area contributed by atoms with Crippen molar-refractivity contribution in [1.82, 2.24) is 15.0 Å². The van der Waals surface area contributed by atoms with Gasteiger partial charge >= 0.3 is 0 Å². The molecule has 0 unspecified atom stereocenters. The predicted molar refractivity (Wildman–Crippen MR) is 250 cm³/mol. The second kappa shape index (κ2) is 14.0. The van der Waals surface area contributed by atoms with Gasteiger partial charge in [0.2, 0.25) is 0 Å². The predicted octanol–water partition coefficient (Wildman–Crippen LogP) is 15.3. The maximum atomic E-state index is 6.55. The smallest absolute Gasteiger partial charge is 0.164 e. The summed E-state index contributed by atoms with van der Waals surface area (Å²) < 4.78 is 8.97. The molecule has 0 radical (unpaired) electrons. The van der Waals surface area contributed by atoms with Gasteiger partial charge in [-0.15, -0.1) is 11.3 Å². The average Bonchev–Trinajstić information content (AvgIpc) is 3.91. The normalized spacial score (nSPS) is 11.7. The number of aromatic nitrogens is 3. The number of fused-ring (bicyclic) bond motifs is 8. The SMILES string of the molecule is c1ccc(-c2ccc(-c3cc4ccccc4c4c3sc3cccc(-c5nc(-c6ccccc6)nc(-c6ccccc6-c6cccc7c6oc6ccccc67)n5)c34)cc2)cc1. The van der Waals surface area contributed by atoms with Crippen LogP contribution in [0, 0.1) is 0 Å². The van der Waals surface area contributed by atoms with Crippen LogP contribution in [0.5, 0.6) is 0 Å². The van der Waals surface area contributed by atoms with Gasteiger partial charge in [0.1, 0.15) is 11.2 Å². The van der Waals surface area contributed by atoms with Gasteiger partial charge in [-0.1, -0.05) is 182 Å². The molecule has 0 atom stereocenters. The van der Waals surface area contributed by atoms with Crippen LogP contribution < -0.4 is 0 Å². The zero-order chi connectivity index (χ0) is 39.6. The third kappa shape index (κ3) is 5.63. The van der Waals surface area contributed by atoms with Crippen molar-refractivity contribution >= 4 is 64.2 Å². The van der Waals surface area contributed by atoms with E-state index in [1.807, 2.05) is 41.7 Å². The lowest BCUT2D eigenvalue weighted by Crippen LogP contribution is -2.01. The van der Waals surface area contributed by atoms with Gasteiger partial charge in [0.05, 0.1) is 0 Å². The molecule has 60 heavy (non-hydrogen) atoms. The molecule has 0 bridgehead atoms. The Morgan fingerprint density at radius 2 is 0.917 bits per heavy atom. The van der Waals surface area contributed by atoms with Gasteiger partial charge in [-0.05, 0) is 51.2 Å². The van der Waals surface area contributed by atoms with Crippen molar-refractivity contribution in [3.63, 3.8) is 0 Å². The van der Waals surface area contributed by atoms with E-state index in [1.54, 1.807) is 0 Å². The molecule has 0 spiro atoms. The molecule has 0 saturated carbocycles. The van der Waals surface area contributed by atoms with Crippen molar-refractivity contribution in [2.45, 2.75) is 0 Å². The number of hydrogen-bond acceptors (Lipinski definition) is 5. The lowest BCUT2D eigenvalue weighted by Gasteiger charge is -2.13. The summed E-state index contributed by atoms with van der Waals surface area (Å²) in [5.74, 6) is 1.85. The Kier molecular flexibility index (Phi) is 8.00. The highest BCUT2D eigenvalue weighted by Crippen LogP contribution is 2.48.